The maximum atomic E-state index is 6.45. The van der Waals surface area contributed by atoms with Crippen LogP contribution in [-0.4, -0.2) is 26.0 Å². The minimum absolute atomic E-state index is 0.0339. The maximum absolute atomic E-state index is 6.45. The summed E-state index contributed by atoms with van der Waals surface area (Å²) in [4.78, 5) is 2.57. The van der Waals surface area contributed by atoms with Crippen molar-refractivity contribution in [2.24, 2.45) is 0 Å². The highest BCUT2D eigenvalue weighted by Crippen LogP contribution is 2.52. The number of aryl methyl sites for hydroxylation is 1. The Morgan fingerprint density at radius 1 is 0.865 bits per heavy atom. The van der Waals surface area contributed by atoms with Crippen molar-refractivity contribution in [3.8, 4) is 5.75 Å². The van der Waals surface area contributed by atoms with Gasteiger partial charge in [0.05, 0.1) is 0 Å². The van der Waals surface area contributed by atoms with Crippen molar-refractivity contribution in [3.05, 3.63) is 52.6 Å². The molecule has 0 saturated carbocycles. The van der Waals surface area contributed by atoms with Gasteiger partial charge in [-0.25, -0.2) is 0 Å². The summed E-state index contributed by atoms with van der Waals surface area (Å²) in [5.41, 5.74) is 6.63. The van der Waals surface area contributed by atoms with Crippen LogP contribution in [0.1, 0.15) is 112 Å². The number of nitrogens with zero attached hydrogens (tertiary/aromatic N) is 1. The molecule has 2 atom stereocenters. The summed E-state index contributed by atoms with van der Waals surface area (Å²) < 4.78 is 11.9. The molecule has 0 radical (unpaired) electrons. The summed E-state index contributed by atoms with van der Waals surface area (Å²) >= 11 is 0. The van der Waals surface area contributed by atoms with Gasteiger partial charge in [-0.15, -0.1) is 0 Å². The fourth-order valence-corrected chi connectivity index (χ4v) is 6.78. The number of rotatable bonds is 10. The van der Waals surface area contributed by atoms with E-state index in [1.807, 2.05) is 0 Å². The zero-order valence-electron chi connectivity index (χ0n) is 26.2. The Kier molecular flexibility index (Phi) is 10.3. The molecule has 0 aliphatic carbocycles. The van der Waals surface area contributed by atoms with Gasteiger partial charge in [0, 0.05) is 41.2 Å². The maximum Gasteiger partial charge on any atom is 0.188 e. The first-order valence-electron chi connectivity index (χ1n) is 13.9. The number of hydrogen-bond donors (Lipinski definition) is 0. The van der Waals surface area contributed by atoms with Crippen molar-refractivity contribution in [1.82, 2.24) is 0 Å². The van der Waals surface area contributed by atoms with Gasteiger partial charge in [0.25, 0.3) is 0 Å². The van der Waals surface area contributed by atoms with E-state index in [4.69, 9.17) is 9.47 Å². The quantitative estimate of drug-likeness (QED) is 0.228. The van der Waals surface area contributed by atoms with Gasteiger partial charge < -0.3 is 14.4 Å². The minimum atomic E-state index is -0.0924. The van der Waals surface area contributed by atoms with E-state index < -0.39 is 0 Å². The van der Waals surface area contributed by atoms with E-state index >= 15 is 0 Å². The molecule has 2 unspecified atom stereocenters. The molecule has 0 N–H and O–H groups in total. The Bertz CT molecular complexity index is 1040. The van der Waals surface area contributed by atoms with Crippen LogP contribution in [-0.2, 0) is 20.7 Å². The number of anilines is 1. The molecule has 2 aromatic rings. The predicted octanol–water partition coefficient (Wildman–Crippen LogP) is 8.83. The highest BCUT2D eigenvalue weighted by Gasteiger charge is 2.36. The fraction of sp³-hybridized carbons (Fsp3) is 0.636. The molecule has 0 saturated heterocycles. The van der Waals surface area contributed by atoms with Crippen molar-refractivity contribution in [3.63, 3.8) is 0 Å². The zero-order valence-corrected chi connectivity index (χ0v) is 27.2. The van der Waals surface area contributed by atoms with Gasteiger partial charge >= 0.3 is 0 Å². The third-order valence-electron chi connectivity index (χ3n) is 7.43. The lowest BCUT2D eigenvalue weighted by Gasteiger charge is -2.39. The lowest BCUT2D eigenvalue weighted by Crippen LogP contribution is -2.40. The smallest absolute Gasteiger partial charge is 0.188 e. The number of benzene rings is 2. The SMILES string of the molecule is CCC(C)(Pc1c(C)cccc1N(C(C)C)C(C)C)c1cc(C(C)(C)C)cc(C(C)(C)C)c1OCOC. The van der Waals surface area contributed by atoms with Crippen molar-refractivity contribution < 1.29 is 9.47 Å². The lowest BCUT2D eigenvalue weighted by atomic mass is 9.77. The Morgan fingerprint density at radius 2 is 1.43 bits per heavy atom. The molecule has 0 spiro atoms. The molecular formula is C33H54NO2P. The van der Waals surface area contributed by atoms with E-state index in [1.54, 1.807) is 7.11 Å². The average molecular weight is 528 g/mol. The van der Waals surface area contributed by atoms with Crippen LogP contribution in [0, 0.1) is 6.92 Å². The van der Waals surface area contributed by atoms with Crippen molar-refractivity contribution in [1.29, 1.82) is 0 Å². The second-order valence-corrected chi connectivity index (χ2v) is 15.2. The molecule has 0 aliphatic heterocycles. The summed E-state index contributed by atoms with van der Waals surface area (Å²) in [6.45, 7) is 30.3. The first-order valence-corrected chi connectivity index (χ1v) is 14.9. The molecule has 0 aliphatic rings. The number of methoxy groups -OCH3 is 1. The van der Waals surface area contributed by atoms with E-state index in [9.17, 15) is 0 Å². The normalized spacial score (nSPS) is 14.6. The number of hydrogen-bond acceptors (Lipinski definition) is 3. The van der Waals surface area contributed by atoms with Crippen LogP contribution in [0.2, 0.25) is 0 Å². The Labute approximate surface area is 230 Å². The summed E-state index contributed by atoms with van der Waals surface area (Å²) in [6.07, 6.45) is 1.02. The highest BCUT2D eigenvalue weighted by atomic mass is 31.1. The van der Waals surface area contributed by atoms with Crippen LogP contribution in [0.15, 0.2) is 30.3 Å². The van der Waals surface area contributed by atoms with Gasteiger partial charge in [-0.3, -0.25) is 0 Å². The summed E-state index contributed by atoms with van der Waals surface area (Å²) in [6, 6.07) is 12.5. The van der Waals surface area contributed by atoms with Crippen LogP contribution in [0.3, 0.4) is 0 Å². The Hall–Kier alpha value is -1.57. The van der Waals surface area contributed by atoms with Gasteiger partial charge in [0.1, 0.15) is 5.75 Å². The van der Waals surface area contributed by atoms with Gasteiger partial charge in [-0.05, 0) is 74.4 Å². The van der Waals surface area contributed by atoms with Gasteiger partial charge in [-0.2, -0.15) is 0 Å². The summed E-state index contributed by atoms with van der Waals surface area (Å²) in [5.74, 6) is 0.999. The second-order valence-electron chi connectivity index (χ2n) is 13.3. The molecule has 0 fully saturated rings. The van der Waals surface area contributed by atoms with Crippen molar-refractivity contribution >= 4 is 19.6 Å². The van der Waals surface area contributed by atoms with Crippen molar-refractivity contribution in [2.45, 2.75) is 124 Å². The summed E-state index contributed by atoms with van der Waals surface area (Å²) in [5, 5.41) is 1.37. The lowest BCUT2D eigenvalue weighted by molar-refractivity contribution is 0.0486. The Balaban J connectivity index is 2.88. The van der Waals surface area contributed by atoms with Crippen LogP contribution < -0.4 is 14.9 Å². The van der Waals surface area contributed by atoms with E-state index in [0.29, 0.717) is 20.7 Å². The molecule has 4 heteroatoms. The Morgan fingerprint density at radius 3 is 1.89 bits per heavy atom. The largest absolute Gasteiger partial charge is 0.467 e. The van der Waals surface area contributed by atoms with Crippen molar-refractivity contribution in [2.75, 3.05) is 18.8 Å². The molecule has 0 bridgehead atoms. The first-order chi connectivity index (χ1) is 17.0. The van der Waals surface area contributed by atoms with Crippen LogP contribution in [0.25, 0.3) is 0 Å². The zero-order chi connectivity index (χ0) is 28.3. The summed E-state index contributed by atoms with van der Waals surface area (Å²) in [7, 11) is 2.30. The van der Waals surface area contributed by atoms with Gasteiger partial charge in [-0.1, -0.05) is 88.2 Å². The molecular weight excluding hydrogens is 473 g/mol. The van der Waals surface area contributed by atoms with E-state index in [2.05, 4.69) is 125 Å². The molecule has 0 amide bonds. The second kappa shape index (κ2) is 12.1. The van der Waals surface area contributed by atoms with Gasteiger partial charge in [0.15, 0.2) is 6.79 Å². The van der Waals surface area contributed by atoms with Gasteiger partial charge in [0.2, 0.25) is 0 Å². The topological polar surface area (TPSA) is 21.7 Å². The highest BCUT2D eigenvalue weighted by molar-refractivity contribution is 7.49. The molecule has 3 nitrogen and oxygen atoms in total. The molecule has 37 heavy (non-hydrogen) atoms. The monoisotopic (exact) mass is 527 g/mol. The molecule has 208 valence electrons. The number of ether oxygens (including phenoxy) is 2. The van der Waals surface area contributed by atoms with E-state index in [-0.39, 0.29) is 22.8 Å². The third kappa shape index (κ3) is 7.30. The fourth-order valence-electron chi connectivity index (χ4n) is 5.11. The predicted molar refractivity (Wildman–Crippen MR) is 166 cm³/mol. The third-order valence-corrected chi connectivity index (χ3v) is 9.50. The van der Waals surface area contributed by atoms with Crippen LogP contribution >= 0.6 is 8.58 Å². The minimum Gasteiger partial charge on any atom is -0.467 e. The molecule has 2 aromatic carbocycles. The van der Waals surface area contributed by atoms with E-state index in [0.717, 1.165) is 12.2 Å². The molecule has 0 aromatic heterocycles. The average Bonchev–Trinajstić information content (AvgIpc) is 2.77. The molecule has 2 rings (SSSR count). The first kappa shape index (κ1) is 31.6. The molecule has 0 heterocycles. The standard InChI is InChI=1S/C33H54NO2P/c1-15-33(13,37-30-24(6)17-16-18-28(30)34(22(2)3)23(4)5)27-20-25(31(7,8)9)19-26(32(10,11)12)29(27)36-21-35-14/h16-20,22-23,37H,15,21H2,1-14H3. The van der Waals surface area contributed by atoms with Crippen LogP contribution in [0.4, 0.5) is 5.69 Å². The van der Waals surface area contributed by atoms with E-state index in [1.165, 1.54) is 33.2 Å². The van der Waals surface area contributed by atoms with Crippen LogP contribution in [0.5, 0.6) is 5.75 Å².